The van der Waals surface area contributed by atoms with Crippen LogP contribution in [0.3, 0.4) is 0 Å². The molecule has 0 saturated heterocycles. The van der Waals surface area contributed by atoms with Crippen LogP contribution in [0, 0.1) is 0 Å². The number of carboxylic acids is 1. The maximum atomic E-state index is 9.00. The lowest BCUT2D eigenvalue weighted by atomic mass is 9.90. The Morgan fingerprint density at radius 1 is 1.47 bits per heavy atom. The summed E-state index contributed by atoms with van der Waals surface area (Å²) in [6, 6.07) is 8.25. The molecular formula is C14H21NO2. The van der Waals surface area contributed by atoms with E-state index >= 15 is 0 Å². The number of benzene rings is 1. The van der Waals surface area contributed by atoms with E-state index in [0.29, 0.717) is 0 Å². The van der Waals surface area contributed by atoms with Gasteiger partial charge in [0.15, 0.2) is 0 Å². The first-order valence-electron chi connectivity index (χ1n) is 5.46. The quantitative estimate of drug-likeness (QED) is 0.792. The molecular weight excluding hydrogens is 214 g/mol. The zero-order valence-electron chi connectivity index (χ0n) is 10.7. The molecule has 3 nitrogen and oxygen atoms in total. The molecule has 0 saturated carbocycles. The molecule has 94 valence electrons. The largest absolute Gasteiger partial charge is 0.481 e. The molecule has 0 bridgehead atoms. The summed E-state index contributed by atoms with van der Waals surface area (Å²) in [7, 11) is 0. The standard InChI is InChI=1S/C12H17N.C2H4O2/c1-4-7-10-8-5-6-9-11(10)12(2,3)13;1-2(3)4/h4-6,8-9H,1,7,13H2,2-3H3;1H3,(H,3,4). The molecule has 0 aliphatic carbocycles. The molecule has 0 spiro atoms. The van der Waals surface area contributed by atoms with Crippen molar-refractivity contribution in [2.24, 2.45) is 5.73 Å². The number of hydrogen-bond acceptors (Lipinski definition) is 2. The first-order valence-corrected chi connectivity index (χ1v) is 5.46. The fraction of sp³-hybridized carbons (Fsp3) is 0.357. The van der Waals surface area contributed by atoms with Gasteiger partial charge in [0, 0.05) is 12.5 Å². The van der Waals surface area contributed by atoms with E-state index in [1.165, 1.54) is 11.1 Å². The van der Waals surface area contributed by atoms with Crippen LogP contribution in [0.25, 0.3) is 0 Å². The number of aliphatic carboxylic acids is 1. The van der Waals surface area contributed by atoms with Gasteiger partial charge in [-0.05, 0) is 31.4 Å². The molecule has 0 atom stereocenters. The van der Waals surface area contributed by atoms with Crippen molar-refractivity contribution >= 4 is 5.97 Å². The van der Waals surface area contributed by atoms with Gasteiger partial charge in [0.25, 0.3) is 5.97 Å². The van der Waals surface area contributed by atoms with Gasteiger partial charge in [0.05, 0.1) is 0 Å². The second-order valence-corrected chi connectivity index (χ2v) is 4.39. The van der Waals surface area contributed by atoms with Crippen LogP contribution in [0.5, 0.6) is 0 Å². The Hall–Kier alpha value is -1.61. The van der Waals surface area contributed by atoms with Gasteiger partial charge < -0.3 is 10.8 Å². The van der Waals surface area contributed by atoms with E-state index in [-0.39, 0.29) is 5.54 Å². The molecule has 17 heavy (non-hydrogen) atoms. The minimum absolute atomic E-state index is 0.264. The van der Waals surface area contributed by atoms with Gasteiger partial charge in [0.1, 0.15) is 0 Å². The number of allylic oxidation sites excluding steroid dienone is 1. The predicted molar refractivity (Wildman–Crippen MR) is 70.9 cm³/mol. The summed E-state index contributed by atoms with van der Waals surface area (Å²) < 4.78 is 0. The van der Waals surface area contributed by atoms with E-state index in [0.717, 1.165) is 13.3 Å². The Kier molecular flexibility index (Phi) is 6.21. The summed E-state index contributed by atoms with van der Waals surface area (Å²) in [5, 5.41) is 7.42. The lowest BCUT2D eigenvalue weighted by Crippen LogP contribution is -2.29. The summed E-state index contributed by atoms with van der Waals surface area (Å²) >= 11 is 0. The predicted octanol–water partition coefficient (Wildman–Crippen LogP) is 2.70. The lowest BCUT2D eigenvalue weighted by molar-refractivity contribution is -0.134. The zero-order valence-corrected chi connectivity index (χ0v) is 10.7. The minimum Gasteiger partial charge on any atom is -0.481 e. The molecule has 0 aliphatic heterocycles. The highest BCUT2D eigenvalue weighted by atomic mass is 16.4. The van der Waals surface area contributed by atoms with Crippen molar-refractivity contribution in [3.63, 3.8) is 0 Å². The van der Waals surface area contributed by atoms with Crippen LogP contribution >= 0.6 is 0 Å². The second-order valence-electron chi connectivity index (χ2n) is 4.39. The van der Waals surface area contributed by atoms with E-state index in [9.17, 15) is 0 Å². The summed E-state index contributed by atoms with van der Waals surface area (Å²) in [6.07, 6.45) is 2.79. The third-order valence-electron chi connectivity index (χ3n) is 2.08. The van der Waals surface area contributed by atoms with Crippen LogP contribution in [0.15, 0.2) is 36.9 Å². The van der Waals surface area contributed by atoms with Gasteiger partial charge in [-0.15, -0.1) is 6.58 Å². The Bertz CT molecular complexity index is 374. The Balaban J connectivity index is 0.000000557. The van der Waals surface area contributed by atoms with E-state index in [2.05, 4.69) is 18.7 Å². The zero-order chi connectivity index (χ0) is 13.5. The van der Waals surface area contributed by atoms with Gasteiger partial charge in [0.2, 0.25) is 0 Å². The van der Waals surface area contributed by atoms with Gasteiger partial charge in [-0.3, -0.25) is 4.79 Å². The first kappa shape index (κ1) is 15.4. The average molecular weight is 235 g/mol. The smallest absolute Gasteiger partial charge is 0.300 e. The molecule has 0 aliphatic rings. The molecule has 3 heteroatoms. The van der Waals surface area contributed by atoms with E-state index in [1.807, 2.05) is 32.1 Å². The number of hydrogen-bond donors (Lipinski definition) is 2. The Morgan fingerprint density at radius 3 is 2.35 bits per heavy atom. The van der Waals surface area contributed by atoms with Gasteiger partial charge in [-0.2, -0.15) is 0 Å². The SMILES string of the molecule is C=CCc1ccccc1C(C)(C)N.CC(=O)O. The summed E-state index contributed by atoms with van der Waals surface area (Å²) in [4.78, 5) is 9.00. The molecule has 3 N–H and O–H groups in total. The van der Waals surface area contributed by atoms with E-state index in [1.54, 1.807) is 0 Å². The van der Waals surface area contributed by atoms with Crippen LogP contribution < -0.4 is 5.73 Å². The number of rotatable bonds is 3. The summed E-state index contributed by atoms with van der Waals surface area (Å²) in [6.45, 7) is 8.87. The van der Waals surface area contributed by atoms with Crippen molar-refractivity contribution in [3.8, 4) is 0 Å². The fourth-order valence-electron chi connectivity index (χ4n) is 1.48. The van der Waals surface area contributed by atoms with Gasteiger partial charge in [-0.25, -0.2) is 0 Å². The first-order chi connectivity index (χ1) is 7.79. The molecule has 0 amide bonds. The highest BCUT2D eigenvalue weighted by molar-refractivity contribution is 5.62. The van der Waals surface area contributed by atoms with Crippen molar-refractivity contribution in [1.82, 2.24) is 0 Å². The van der Waals surface area contributed by atoms with Crippen LogP contribution in [0.2, 0.25) is 0 Å². The van der Waals surface area contributed by atoms with Crippen LogP contribution in [-0.2, 0) is 16.8 Å². The van der Waals surface area contributed by atoms with Gasteiger partial charge >= 0.3 is 0 Å². The Morgan fingerprint density at radius 2 is 1.94 bits per heavy atom. The maximum Gasteiger partial charge on any atom is 0.300 e. The van der Waals surface area contributed by atoms with Crippen molar-refractivity contribution in [2.45, 2.75) is 32.7 Å². The Labute approximate surface area is 103 Å². The molecule has 1 aromatic rings. The molecule has 0 unspecified atom stereocenters. The average Bonchev–Trinajstić information content (AvgIpc) is 2.16. The van der Waals surface area contributed by atoms with Crippen LogP contribution in [0.1, 0.15) is 31.9 Å². The number of carbonyl (C=O) groups is 1. The summed E-state index contributed by atoms with van der Waals surface area (Å²) in [5.41, 5.74) is 8.26. The van der Waals surface area contributed by atoms with E-state index < -0.39 is 5.97 Å². The van der Waals surface area contributed by atoms with E-state index in [4.69, 9.17) is 15.6 Å². The van der Waals surface area contributed by atoms with Gasteiger partial charge in [-0.1, -0.05) is 30.3 Å². The highest BCUT2D eigenvalue weighted by Crippen LogP contribution is 2.21. The van der Waals surface area contributed by atoms with Crippen LogP contribution in [0.4, 0.5) is 0 Å². The number of carboxylic acid groups (broad SMARTS) is 1. The molecule has 0 radical (unpaired) electrons. The van der Waals surface area contributed by atoms with Crippen molar-refractivity contribution in [2.75, 3.05) is 0 Å². The highest BCUT2D eigenvalue weighted by Gasteiger charge is 2.16. The third-order valence-corrected chi connectivity index (χ3v) is 2.08. The molecule has 0 aromatic heterocycles. The van der Waals surface area contributed by atoms with Crippen molar-refractivity contribution < 1.29 is 9.90 Å². The lowest BCUT2D eigenvalue weighted by Gasteiger charge is -2.22. The molecule has 1 aromatic carbocycles. The normalized spacial score (nSPS) is 10.1. The number of nitrogens with two attached hydrogens (primary N) is 1. The second kappa shape index (κ2) is 6.86. The molecule has 1 rings (SSSR count). The van der Waals surface area contributed by atoms with Crippen molar-refractivity contribution in [3.05, 3.63) is 48.0 Å². The topological polar surface area (TPSA) is 63.3 Å². The van der Waals surface area contributed by atoms with Crippen LogP contribution in [-0.4, -0.2) is 11.1 Å². The monoisotopic (exact) mass is 235 g/mol. The maximum absolute atomic E-state index is 9.00. The summed E-state index contributed by atoms with van der Waals surface area (Å²) in [5.74, 6) is -0.833. The molecule has 0 heterocycles. The molecule has 0 fully saturated rings. The minimum atomic E-state index is -0.833. The third kappa shape index (κ3) is 6.53. The fourth-order valence-corrected chi connectivity index (χ4v) is 1.48. The van der Waals surface area contributed by atoms with Crippen molar-refractivity contribution in [1.29, 1.82) is 0 Å².